The largest absolute Gasteiger partial charge is 0.335 e. The Morgan fingerprint density at radius 1 is 1.67 bits per heavy atom. The molecule has 0 saturated heterocycles. The summed E-state index contributed by atoms with van der Waals surface area (Å²) >= 11 is 0. The Morgan fingerprint density at radius 2 is 2.33 bits per heavy atom. The van der Waals surface area contributed by atoms with Gasteiger partial charge in [0.2, 0.25) is 0 Å². The van der Waals surface area contributed by atoms with Crippen molar-refractivity contribution < 1.29 is 12.6 Å². The zero-order valence-electron chi connectivity index (χ0n) is 8.43. The van der Waals surface area contributed by atoms with Gasteiger partial charge in [-0.05, 0) is 6.92 Å². The fourth-order valence-corrected chi connectivity index (χ4v) is 3.14. The van der Waals surface area contributed by atoms with Crippen LogP contribution in [-0.2, 0) is 20.8 Å². The highest BCUT2D eigenvalue weighted by Gasteiger charge is 2.18. The molecule has 0 aliphatic heterocycles. The molecule has 0 aromatic carbocycles. The van der Waals surface area contributed by atoms with Gasteiger partial charge in [0, 0.05) is 28.9 Å². The number of hydrogen-bond donors (Lipinski definition) is 2. The van der Waals surface area contributed by atoms with Crippen LogP contribution < -0.4 is 4.72 Å². The normalized spacial score (nSPS) is 16.1. The van der Waals surface area contributed by atoms with Crippen molar-refractivity contribution in [2.24, 2.45) is 0 Å². The molecule has 0 aliphatic carbocycles. The molecule has 0 fully saturated rings. The lowest BCUT2D eigenvalue weighted by atomic mass is 10.4. The fraction of sp³-hybridized carbons (Fsp3) is 0.571. The molecule has 0 bridgehead atoms. The van der Waals surface area contributed by atoms with Gasteiger partial charge in [-0.15, -0.1) is 0 Å². The van der Waals surface area contributed by atoms with Crippen LogP contribution in [0.3, 0.4) is 0 Å². The molecular weight excluding hydrogens is 238 g/mol. The minimum atomic E-state index is -3.56. The standard InChI is InChI=1S/C7H13N3O3S2/c1-6(4-14(2)11)10-15(12,13)7-3-8-5-9-7/h3,5-6,10H,4H2,1-2H3,(H,8,9). The molecule has 1 aromatic rings. The second-order valence-electron chi connectivity index (χ2n) is 3.18. The second kappa shape index (κ2) is 4.86. The van der Waals surface area contributed by atoms with Crippen LogP contribution >= 0.6 is 0 Å². The van der Waals surface area contributed by atoms with Crippen LogP contribution in [-0.4, -0.2) is 40.6 Å². The maximum absolute atomic E-state index is 11.6. The Labute approximate surface area is 91.0 Å². The molecule has 8 heteroatoms. The van der Waals surface area contributed by atoms with Crippen molar-refractivity contribution in [2.75, 3.05) is 12.0 Å². The summed E-state index contributed by atoms with van der Waals surface area (Å²) in [6.07, 6.45) is 4.04. The van der Waals surface area contributed by atoms with Gasteiger partial charge in [0.15, 0.2) is 5.03 Å². The molecule has 0 spiro atoms. The lowest BCUT2D eigenvalue weighted by Crippen LogP contribution is -2.36. The van der Waals surface area contributed by atoms with Crippen molar-refractivity contribution in [1.29, 1.82) is 0 Å². The van der Waals surface area contributed by atoms with Crippen LogP contribution in [0.2, 0.25) is 0 Å². The third kappa shape index (κ3) is 3.73. The molecular formula is C7H13N3O3S2. The van der Waals surface area contributed by atoms with Crippen molar-refractivity contribution in [2.45, 2.75) is 18.0 Å². The Balaban J connectivity index is 2.69. The molecule has 0 radical (unpaired) electrons. The first kappa shape index (κ1) is 12.3. The Morgan fingerprint density at radius 3 is 2.80 bits per heavy atom. The summed E-state index contributed by atoms with van der Waals surface area (Å²) in [5, 5.41) is 0.0104. The molecule has 2 N–H and O–H groups in total. The van der Waals surface area contributed by atoms with E-state index >= 15 is 0 Å². The monoisotopic (exact) mass is 251 g/mol. The van der Waals surface area contributed by atoms with Gasteiger partial charge in [0.1, 0.15) is 0 Å². The number of hydrogen-bond acceptors (Lipinski definition) is 4. The first-order chi connectivity index (χ1) is 6.92. The minimum absolute atomic E-state index is 0.0104. The Kier molecular flexibility index (Phi) is 4.00. The molecule has 0 aliphatic rings. The van der Waals surface area contributed by atoms with E-state index in [1.807, 2.05) is 0 Å². The van der Waals surface area contributed by atoms with Crippen molar-refractivity contribution in [1.82, 2.24) is 14.7 Å². The van der Waals surface area contributed by atoms with Gasteiger partial charge in [-0.2, -0.15) is 0 Å². The molecule has 86 valence electrons. The maximum atomic E-state index is 11.6. The number of nitrogens with one attached hydrogen (secondary N) is 2. The highest BCUT2D eigenvalue weighted by atomic mass is 32.2. The quantitative estimate of drug-likeness (QED) is 0.735. The van der Waals surface area contributed by atoms with Crippen LogP contribution in [0, 0.1) is 0 Å². The third-order valence-corrected chi connectivity index (χ3v) is 4.09. The summed E-state index contributed by atoms with van der Waals surface area (Å²) < 4.78 is 36.5. The van der Waals surface area contributed by atoms with Gasteiger partial charge in [0.05, 0.1) is 12.5 Å². The van der Waals surface area contributed by atoms with Crippen molar-refractivity contribution in [3.63, 3.8) is 0 Å². The maximum Gasteiger partial charge on any atom is 0.257 e. The summed E-state index contributed by atoms with van der Waals surface area (Å²) in [5.41, 5.74) is 0. The number of sulfonamides is 1. The fourth-order valence-electron chi connectivity index (χ4n) is 1.10. The molecule has 6 nitrogen and oxygen atoms in total. The lowest BCUT2D eigenvalue weighted by Gasteiger charge is -2.11. The van der Waals surface area contributed by atoms with E-state index in [2.05, 4.69) is 14.7 Å². The number of rotatable bonds is 5. The van der Waals surface area contributed by atoms with Crippen LogP contribution in [0.4, 0.5) is 0 Å². The van der Waals surface area contributed by atoms with E-state index in [-0.39, 0.29) is 16.8 Å². The van der Waals surface area contributed by atoms with Gasteiger partial charge in [-0.25, -0.2) is 18.1 Å². The first-order valence-corrected chi connectivity index (χ1v) is 7.43. The average molecular weight is 251 g/mol. The molecule has 1 heterocycles. The lowest BCUT2D eigenvalue weighted by molar-refractivity contribution is 0.567. The molecule has 0 amide bonds. The summed E-state index contributed by atoms with van der Waals surface area (Å²) in [7, 11) is -4.59. The number of nitrogens with zero attached hydrogens (tertiary/aromatic N) is 1. The van der Waals surface area contributed by atoms with Gasteiger partial charge in [0.25, 0.3) is 10.0 Å². The topological polar surface area (TPSA) is 91.9 Å². The molecule has 2 unspecified atom stereocenters. The van der Waals surface area contributed by atoms with E-state index in [9.17, 15) is 12.6 Å². The second-order valence-corrected chi connectivity index (χ2v) is 6.34. The van der Waals surface area contributed by atoms with Crippen molar-refractivity contribution >= 4 is 20.8 Å². The number of H-pyrrole nitrogens is 1. The van der Waals surface area contributed by atoms with Crippen LogP contribution in [0.15, 0.2) is 17.6 Å². The van der Waals surface area contributed by atoms with Gasteiger partial charge in [-0.3, -0.25) is 4.21 Å². The molecule has 1 rings (SSSR count). The summed E-state index contributed by atoms with van der Waals surface area (Å²) in [6.45, 7) is 1.66. The van der Waals surface area contributed by atoms with Crippen molar-refractivity contribution in [3.8, 4) is 0 Å². The SMILES string of the molecule is CC(CS(C)=O)NS(=O)(=O)c1cnc[nH]1. The summed E-state index contributed by atoms with van der Waals surface area (Å²) in [4.78, 5) is 6.12. The average Bonchev–Trinajstić information content (AvgIpc) is 2.51. The Bertz CT molecular complexity index is 426. The van der Waals surface area contributed by atoms with E-state index in [0.717, 1.165) is 0 Å². The van der Waals surface area contributed by atoms with E-state index in [0.29, 0.717) is 0 Å². The van der Waals surface area contributed by atoms with Gasteiger partial charge < -0.3 is 4.98 Å². The highest BCUT2D eigenvalue weighted by molar-refractivity contribution is 7.89. The first-order valence-electron chi connectivity index (χ1n) is 4.22. The zero-order chi connectivity index (χ0) is 11.5. The van der Waals surface area contributed by atoms with Crippen LogP contribution in [0.5, 0.6) is 0 Å². The molecule has 0 saturated carbocycles. The molecule has 1 aromatic heterocycles. The smallest absolute Gasteiger partial charge is 0.257 e. The number of aromatic amines is 1. The number of imidazole rings is 1. The van der Waals surface area contributed by atoms with Crippen molar-refractivity contribution in [3.05, 3.63) is 12.5 Å². The summed E-state index contributed by atoms with van der Waals surface area (Å²) in [6, 6.07) is -0.371. The zero-order valence-corrected chi connectivity index (χ0v) is 10.1. The molecule has 2 atom stereocenters. The summed E-state index contributed by atoms with van der Waals surface area (Å²) in [5.74, 6) is 0.285. The van der Waals surface area contributed by atoms with Gasteiger partial charge in [-0.1, -0.05) is 0 Å². The number of aromatic nitrogens is 2. The van der Waals surface area contributed by atoms with Crippen LogP contribution in [0.25, 0.3) is 0 Å². The van der Waals surface area contributed by atoms with E-state index in [4.69, 9.17) is 0 Å². The predicted octanol–water partition coefficient (Wildman–Crippen LogP) is -0.545. The van der Waals surface area contributed by atoms with Gasteiger partial charge >= 0.3 is 0 Å². The third-order valence-electron chi connectivity index (χ3n) is 1.60. The van der Waals surface area contributed by atoms with E-state index < -0.39 is 20.8 Å². The highest BCUT2D eigenvalue weighted by Crippen LogP contribution is 2.03. The minimum Gasteiger partial charge on any atom is -0.335 e. The van der Waals surface area contributed by atoms with E-state index in [1.165, 1.54) is 18.8 Å². The van der Waals surface area contributed by atoms with Crippen LogP contribution in [0.1, 0.15) is 6.92 Å². The molecule has 15 heavy (non-hydrogen) atoms. The predicted molar refractivity (Wildman–Crippen MR) is 57.3 cm³/mol. The van der Waals surface area contributed by atoms with E-state index in [1.54, 1.807) is 6.92 Å². The Hall–Kier alpha value is -0.730.